The van der Waals surface area contributed by atoms with Crippen molar-refractivity contribution in [3.05, 3.63) is 65.2 Å². The zero-order valence-corrected chi connectivity index (χ0v) is 13.8. The van der Waals surface area contributed by atoms with E-state index in [0.29, 0.717) is 6.42 Å². The van der Waals surface area contributed by atoms with Gasteiger partial charge in [-0.05, 0) is 35.7 Å². The predicted octanol–water partition coefficient (Wildman–Crippen LogP) is 2.74. The standard InChI is InChI=1S/C19H23NO3/c1-14-6-4-5-7-16(14)12-19(22)20(2)18(13-21)15-8-10-17(23-3)11-9-15/h4-11,18,21H,12-13H2,1-3H3. The van der Waals surface area contributed by atoms with E-state index in [0.717, 1.165) is 22.4 Å². The first kappa shape index (κ1) is 17.0. The van der Waals surface area contributed by atoms with E-state index in [2.05, 4.69) is 0 Å². The van der Waals surface area contributed by atoms with Crippen LogP contribution in [-0.2, 0) is 11.2 Å². The van der Waals surface area contributed by atoms with Crippen LogP contribution < -0.4 is 4.74 Å². The van der Waals surface area contributed by atoms with Gasteiger partial charge < -0.3 is 14.7 Å². The van der Waals surface area contributed by atoms with Gasteiger partial charge in [0.25, 0.3) is 0 Å². The summed E-state index contributed by atoms with van der Waals surface area (Å²) in [5.74, 6) is 0.730. The van der Waals surface area contributed by atoms with Crippen molar-refractivity contribution in [2.75, 3.05) is 20.8 Å². The molecule has 0 bridgehead atoms. The summed E-state index contributed by atoms with van der Waals surface area (Å²) in [5, 5.41) is 9.72. The monoisotopic (exact) mass is 313 g/mol. The van der Waals surface area contributed by atoms with Gasteiger partial charge in [0.1, 0.15) is 5.75 Å². The number of amides is 1. The quantitative estimate of drug-likeness (QED) is 0.892. The fourth-order valence-electron chi connectivity index (χ4n) is 2.55. The van der Waals surface area contributed by atoms with Gasteiger partial charge in [-0.25, -0.2) is 0 Å². The van der Waals surface area contributed by atoms with Gasteiger partial charge in [0.15, 0.2) is 0 Å². The number of rotatable bonds is 6. The molecule has 122 valence electrons. The lowest BCUT2D eigenvalue weighted by molar-refractivity contribution is -0.132. The molecule has 0 aliphatic rings. The molecule has 0 fully saturated rings. The van der Waals surface area contributed by atoms with Gasteiger partial charge >= 0.3 is 0 Å². The summed E-state index contributed by atoms with van der Waals surface area (Å²) in [4.78, 5) is 14.2. The van der Waals surface area contributed by atoms with Gasteiger partial charge in [-0.3, -0.25) is 4.79 Å². The predicted molar refractivity (Wildman–Crippen MR) is 90.5 cm³/mol. The molecule has 2 aromatic carbocycles. The molecule has 0 saturated heterocycles. The van der Waals surface area contributed by atoms with Gasteiger partial charge in [0.05, 0.1) is 26.2 Å². The number of ether oxygens (including phenoxy) is 1. The number of aliphatic hydroxyl groups is 1. The molecule has 0 radical (unpaired) electrons. The van der Waals surface area contributed by atoms with Crippen LogP contribution >= 0.6 is 0 Å². The van der Waals surface area contributed by atoms with Crippen LogP contribution in [0.2, 0.25) is 0 Å². The Kier molecular flexibility index (Phi) is 5.77. The number of carbonyl (C=O) groups is 1. The van der Waals surface area contributed by atoms with E-state index < -0.39 is 0 Å². The Balaban J connectivity index is 2.13. The fourth-order valence-corrected chi connectivity index (χ4v) is 2.55. The Morgan fingerprint density at radius 2 is 1.83 bits per heavy atom. The molecule has 1 atom stereocenters. The highest BCUT2D eigenvalue weighted by atomic mass is 16.5. The molecule has 4 nitrogen and oxygen atoms in total. The van der Waals surface area contributed by atoms with Crippen LogP contribution in [0, 0.1) is 6.92 Å². The van der Waals surface area contributed by atoms with E-state index in [4.69, 9.17) is 4.74 Å². The molecule has 0 aliphatic carbocycles. The van der Waals surface area contributed by atoms with Gasteiger partial charge in [-0.2, -0.15) is 0 Å². The zero-order chi connectivity index (χ0) is 16.8. The molecule has 23 heavy (non-hydrogen) atoms. The maximum absolute atomic E-state index is 12.6. The number of nitrogens with zero attached hydrogens (tertiary/aromatic N) is 1. The second kappa shape index (κ2) is 7.79. The Morgan fingerprint density at radius 1 is 1.17 bits per heavy atom. The lowest BCUT2D eigenvalue weighted by atomic mass is 10.0. The summed E-state index contributed by atoms with van der Waals surface area (Å²) in [6, 6.07) is 14.9. The van der Waals surface area contributed by atoms with Crippen molar-refractivity contribution in [2.45, 2.75) is 19.4 Å². The first-order valence-electron chi connectivity index (χ1n) is 7.61. The number of likely N-dealkylation sites (N-methyl/N-ethyl adjacent to an activating group) is 1. The summed E-state index contributed by atoms with van der Waals surface area (Å²) in [6.07, 6.45) is 0.329. The van der Waals surface area contributed by atoms with E-state index in [1.165, 1.54) is 0 Å². The Labute approximate surface area is 137 Å². The Hall–Kier alpha value is -2.33. The second-order valence-corrected chi connectivity index (χ2v) is 5.58. The third kappa shape index (κ3) is 4.11. The molecule has 1 amide bonds. The smallest absolute Gasteiger partial charge is 0.227 e. The summed E-state index contributed by atoms with van der Waals surface area (Å²) < 4.78 is 5.14. The Bertz CT molecular complexity index is 652. The number of benzene rings is 2. The first-order chi connectivity index (χ1) is 11.1. The normalized spacial score (nSPS) is 11.8. The van der Waals surface area contributed by atoms with E-state index in [9.17, 15) is 9.90 Å². The first-order valence-corrected chi connectivity index (χ1v) is 7.61. The maximum atomic E-state index is 12.6. The van der Waals surface area contributed by atoms with E-state index in [1.54, 1.807) is 19.1 Å². The third-order valence-electron chi connectivity index (χ3n) is 4.14. The van der Waals surface area contributed by atoms with Gasteiger partial charge in [-0.15, -0.1) is 0 Å². The van der Waals surface area contributed by atoms with Crippen molar-refractivity contribution in [1.82, 2.24) is 4.90 Å². The number of aliphatic hydroxyl groups excluding tert-OH is 1. The second-order valence-electron chi connectivity index (χ2n) is 5.58. The van der Waals surface area contributed by atoms with Crippen molar-refractivity contribution in [3.8, 4) is 5.75 Å². The van der Waals surface area contributed by atoms with Crippen LogP contribution in [0.3, 0.4) is 0 Å². The average molecular weight is 313 g/mol. The molecular weight excluding hydrogens is 290 g/mol. The van der Waals surface area contributed by atoms with Crippen molar-refractivity contribution in [3.63, 3.8) is 0 Å². The number of aryl methyl sites for hydroxylation is 1. The van der Waals surface area contributed by atoms with Crippen molar-refractivity contribution < 1.29 is 14.6 Å². The zero-order valence-electron chi connectivity index (χ0n) is 13.8. The number of carbonyl (C=O) groups excluding carboxylic acids is 1. The number of hydrogen-bond acceptors (Lipinski definition) is 3. The number of methoxy groups -OCH3 is 1. The van der Waals surface area contributed by atoms with Crippen LogP contribution in [0.5, 0.6) is 5.75 Å². The average Bonchev–Trinajstić information content (AvgIpc) is 2.58. The van der Waals surface area contributed by atoms with Crippen LogP contribution in [0.25, 0.3) is 0 Å². The van der Waals surface area contributed by atoms with E-state index in [-0.39, 0.29) is 18.6 Å². The minimum Gasteiger partial charge on any atom is -0.497 e. The van der Waals surface area contributed by atoms with Crippen molar-refractivity contribution in [1.29, 1.82) is 0 Å². The highest BCUT2D eigenvalue weighted by Crippen LogP contribution is 2.23. The van der Waals surface area contributed by atoms with Gasteiger partial charge in [-0.1, -0.05) is 36.4 Å². The van der Waals surface area contributed by atoms with E-state index >= 15 is 0 Å². The molecule has 0 saturated carbocycles. The maximum Gasteiger partial charge on any atom is 0.227 e. The molecule has 1 unspecified atom stereocenters. The van der Waals surface area contributed by atoms with Crippen LogP contribution in [0.15, 0.2) is 48.5 Å². The third-order valence-corrected chi connectivity index (χ3v) is 4.14. The molecule has 0 heterocycles. The lowest BCUT2D eigenvalue weighted by Gasteiger charge is -2.27. The number of hydrogen-bond donors (Lipinski definition) is 1. The topological polar surface area (TPSA) is 49.8 Å². The van der Waals surface area contributed by atoms with Crippen LogP contribution in [0.1, 0.15) is 22.7 Å². The summed E-state index contributed by atoms with van der Waals surface area (Å²) >= 11 is 0. The minimum atomic E-state index is -0.363. The highest BCUT2D eigenvalue weighted by molar-refractivity contribution is 5.79. The summed E-state index contributed by atoms with van der Waals surface area (Å²) in [6.45, 7) is 1.87. The molecule has 1 N–H and O–H groups in total. The van der Waals surface area contributed by atoms with E-state index in [1.807, 2.05) is 55.5 Å². The SMILES string of the molecule is COc1ccc(C(CO)N(C)C(=O)Cc2ccccc2C)cc1. The molecular formula is C19H23NO3. The molecule has 0 spiro atoms. The van der Waals surface area contributed by atoms with Crippen LogP contribution in [0.4, 0.5) is 0 Å². The molecule has 0 aromatic heterocycles. The van der Waals surface area contributed by atoms with Crippen LogP contribution in [-0.4, -0.2) is 36.7 Å². The van der Waals surface area contributed by atoms with Crippen molar-refractivity contribution in [2.24, 2.45) is 0 Å². The largest absolute Gasteiger partial charge is 0.497 e. The van der Waals surface area contributed by atoms with Crippen molar-refractivity contribution >= 4 is 5.91 Å². The molecule has 4 heteroatoms. The van der Waals surface area contributed by atoms with Gasteiger partial charge in [0, 0.05) is 7.05 Å². The molecule has 2 aromatic rings. The Morgan fingerprint density at radius 3 is 2.39 bits per heavy atom. The molecule has 0 aliphatic heterocycles. The van der Waals surface area contributed by atoms with Gasteiger partial charge in [0.2, 0.25) is 5.91 Å². The highest BCUT2D eigenvalue weighted by Gasteiger charge is 2.21. The lowest BCUT2D eigenvalue weighted by Crippen LogP contribution is -2.34. The summed E-state index contributed by atoms with van der Waals surface area (Å²) in [5.41, 5.74) is 2.99. The summed E-state index contributed by atoms with van der Waals surface area (Å²) in [7, 11) is 3.34. The molecule has 2 rings (SSSR count). The fraction of sp³-hybridized carbons (Fsp3) is 0.316. The minimum absolute atomic E-state index is 0.0193.